The number of rotatable bonds is 7. The predicted molar refractivity (Wildman–Crippen MR) is 97.3 cm³/mol. The van der Waals surface area contributed by atoms with Crippen LogP contribution in [0, 0.1) is 5.92 Å². The van der Waals surface area contributed by atoms with Gasteiger partial charge in [-0.1, -0.05) is 18.2 Å². The Morgan fingerprint density at radius 3 is 2.75 bits per heavy atom. The monoisotopic (exact) mass is 325 g/mol. The van der Waals surface area contributed by atoms with Crippen LogP contribution in [0.4, 0.5) is 0 Å². The number of piperidine rings is 1. The third-order valence-electron chi connectivity index (χ3n) is 4.74. The van der Waals surface area contributed by atoms with Crippen molar-refractivity contribution in [2.45, 2.75) is 25.8 Å². The quantitative estimate of drug-likeness (QED) is 0.842. The summed E-state index contributed by atoms with van der Waals surface area (Å²) in [4.78, 5) is 6.66. The Kier molecular flexibility index (Phi) is 6.21. The molecule has 0 atom stereocenters. The van der Waals surface area contributed by atoms with Crippen molar-refractivity contribution in [3.8, 4) is 11.5 Å². The maximum Gasteiger partial charge on any atom is 0.145 e. The lowest BCUT2D eigenvalue weighted by Crippen LogP contribution is -2.34. The van der Waals surface area contributed by atoms with Gasteiger partial charge in [-0.15, -0.1) is 0 Å². The van der Waals surface area contributed by atoms with E-state index in [4.69, 9.17) is 4.74 Å². The summed E-state index contributed by atoms with van der Waals surface area (Å²) < 4.78 is 6.03. The molecule has 1 aromatic heterocycles. The number of pyridine rings is 1. The Balaban J connectivity index is 1.58. The molecule has 4 nitrogen and oxygen atoms in total. The molecule has 128 valence electrons. The molecule has 0 spiro atoms. The molecule has 1 aromatic carbocycles. The Morgan fingerprint density at radius 1 is 1.17 bits per heavy atom. The molecule has 0 bridgehead atoms. The van der Waals surface area contributed by atoms with E-state index in [0.717, 1.165) is 30.5 Å². The molecule has 3 rings (SSSR count). The molecular weight excluding hydrogens is 298 g/mol. The molecule has 0 radical (unpaired) electrons. The molecule has 1 fully saturated rings. The zero-order chi connectivity index (χ0) is 16.6. The zero-order valence-electron chi connectivity index (χ0n) is 14.4. The number of para-hydroxylation sites is 1. The largest absolute Gasteiger partial charge is 0.455 e. The van der Waals surface area contributed by atoms with Gasteiger partial charge in [0.1, 0.15) is 11.5 Å². The minimum atomic E-state index is 0.788. The van der Waals surface area contributed by atoms with Crippen LogP contribution in [0.2, 0.25) is 0 Å². The summed E-state index contributed by atoms with van der Waals surface area (Å²) in [6.07, 6.45) is 7.41. The van der Waals surface area contributed by atoms with E-state index in [0.29, 0.717) is 0 Å². The van der Waals surface area contributed by atoms with Crippen molar-refractivity contribution in [2.24, 2.45) is 5.92 Å². The highest BCUT2D eigenvalue weighted by Gasteiger charge is 2.19. The van der Waals surface area contributed by atoms with Gasteiger partial charge in [0.2, 0.25) is 0 Å². The van der Waals surface area contributed by atoms with Crippen molar-refractivity contribution in [1.82, 2.24) is 15.2 Å². The van der Waals surface area contributed by atoms with E-state index in [9.17, 15) is 0 Å². The van der Waals surface area contributed by atoms with Crippen molar-refractivity contribution < 1.29 is 4.74 Å². The van der Waals surface area contributed by atoms with Crippen LogP contribution in [-0.4, -0.2) is 36.6 Å². The first-order valence-corrected chi connectivity index (χ1v) is 8.88. The fraction of sp³-hybridized carbons (Fsp3) is 0.450. The minimum absolute atomic E-state index is 0.788. The highest BCUT2D eigenvalue weighted by Crippen LogP contribution is 2.27. The van der Waals surface area contributed by atoms with E-state index in [1.807, 2.05) is 31.3 Å². The average molecular weight is 325 g/mol. The van der Waals surface area contributed by atoms with Gasteiger partial charge in [-0.05, 0) is 70.1 Å². The summed E-state index contributed by atoms with van der Waals surface area (Å²) in [5, 5.41) is 3.26. The minimum Gasteiger partial charge on any atom is -0.455 e. The number of nitrogens with one attached hydrogen (secondary N) is 1. The SMILES string of the molecule is CNCCC1CCN(Cc2ccccc2Oc2cccnc2)CC1. The highest BCUT2D eigenvalue weighted by atomic mass is 16.5. The first-order chi connectivity index (χ1) is 11.8. The average Bonchev–Trinajstić information content (AvgIpc) is 2.64. The Hall–Kier alpha value is -1.91. The van der Waals surface area contributed by atoms with Gasteiger partial charge in [0.25, 0.3) is 0 Å². The fourth-order valence-corrected chi connectivity index (χ4v) is 3.29. The topological polar surface area (TPSA) is 37.4 Å². The number of likely N-dealkylation sites (tertiary alicyclic amines) is 1. The van der Waals surface area contributed by atoms with E-state index in [1.54, 1.807) is 12.4 Å². The van der Waals surface area contributed by atoms with Crippen LogP contribution < -0.4 is 10.1 Å². The molecular formula is C20H27N3O. The molecule has 2 heterocycles. The first-order valence-electron chi connectivity index (χ1n) is 8.88. The smallest absolute Gasteiger partial charge is 0.145 e. The summed E-state index contributed by atoms with van der Waals surface area (Å²) in [6, 6.07) is 12.2. The standard InChI is InChI=1S/C20H27N3O/c1-21-12-8-17-9-13-23(14-10-17)16-18-5-2-3-7-20(18)24-19-6-4-11-22-15-19/h2-7,11,15,17,21H,8-10,12-14,16H2,1H3. The number of ether oxygens (including phenoxy) is 1. The molecule has 0 aliphatic carbocycles. The van der Waals surface area contributed by atoms with Crippen molar-refractivity contribution in [3.05, 3.63) is 54.4 Å². The molecule has 2 aromatic rings. The number of hydrogen-bond acceptors (Lipinski definition) is 4. The third-order valence-corrected chi connectivity index (χ3v) is 4.74. The third kappa shape index (κ3) is 4.79. The number of benzene rings is 1. The van der Waals surface area contributed by atoms with Gasteiger partial charge in [-0.3, -0.25) is 9.88 Å². The van der Waals surface area contributed by atoms with Gasteiger partial charge in [-0.2, -0.15) is 0 Å². The van der Waals surface area contributed by atoms with E-state index < -0.39 is 0 Å². The van der Waals surface area contributed by atoms with Gasteiger partial charge in [-0.25, -0.2) is 0 Å². The summed E-state index contributed by atoms with van der Waals surface area (Å²) >= 11 is 0. The Bertz CT molecular complexity index is 609. The van der Waals surface area contributed by atoms with Crippen LogP contribution in [0.25, 0.3) is 0 Å². The van der Waals surface area contributed by atoms with Gasteiger partial charge in [0.15, 0.2) is 0 Å². The number of nitrogens with zero attached hydrogens (tertiary/aromatic N) is 2. The highest BCUT2D eigenvalue weighted by molar-refractivity contribution is 5.37. The molecule has 1 N–H and O–H groups in total. The van der Waals surface area contributed by atoms with Crippen LogP contribution in [0.3, 0.4) is 0 Å². The predicted octanol–water partition coefficient (Wildman–Crippen LogP) is 3.70. The lowest BCUT2D eigenvalue weighted by Gasteiger charge is -2.32. The summed E-state index contributed by atoms with van der Waals surface area (Å²) in [5.74, 6) is 2.59. The molecule has 0 amide bonds. The normalized spacial score (nSPS) is 16.2. The second-order valence-corrected chi connectivity index (χ2v) is 6.51. The lowest BCUT2D eigenvalue weighted by molar-refractivity contribution is 0.171. The summed E-state index contributed by atoms with van der Waals surface area (Å²) in [5.41, 5.74) is 1.25. The van der Waals surface area contributed by atoms with Gasteiger partial charge < -0.3 is 10.1 Å². The molecule has 1 aliphatic rings. The molecule has 1 saturated heterocycles. The van der Waals surface area contributed by atoms with Crippen LogP contribution in [0.1, 0.15) is 24.8 Å². The molecule has 1 aliphatic heterocycles. The van der Waals surface area contributed by atoms with Gasteiger partial charge in [0.05, 0.1) is 6.20 Å². The first kappa shape index (κ1) is 16.9. The maximum absolute atomic E-state index is 6.03. The van der Waals surface area contributed by atoms with Crippen LogP contribution in [0.15, 0.2) is 48.8 Å². The molecule has 4 heteroatoms. The van der Waals surface area contributed by atoms with E-state index >= 15 is 0 Å². The number of aromatic nitrogens is 1. The van der Waals surface area contributed by atoms with Crippen molar-refractivity contribution in [2.75, 3.05) is 26.7 Å². The Labute approximate surface area is 144 Å². The molecule has 0 unspecified atom stereocenters. The van der Waals surface area contributed by atoms with Gasteiger partial charge in [0, 0.05) is 18.3 Å². The van der Waals surface area contributed by atoms with Crippen LogP contribution >= 0.6 is 0 Å². The van der Waals surface area contributed by atoms with E-state index in [-0.39, 0.29) is 0 Å². The molecule has 24 heavy (non-hydrogen) atoms. The van der Waals surface area contributed by atoms with Gasteiger partial charge >= 0.3 is 0 Å². The zero-order valence-corrected chi connectivity index (χ0v) is 14.4. The maximum atomic E-state index is 6.03. The summed E-state index contributed by atoms with van der Waals surface area (Å²) in [6.45, 7) is 4.44. The Morgan fingerprint density at radius 2 is 2.00 bits per heavy atom. The van der Waals surface area contributed by atoms with Crippen LogP contribution in [-0.2, 0) is 6.54 Å². The second kappa shape index (κ2) is 8.81. The van der Waals surface area contributed by atoms with Crippen molar-refractivity contribution >= 4 is 0 Å². The van der Waals surface area contributed by atoms with Crippen molar-refractivity contribution in [3.63, 3.8) is 0 Å². The summed E-state index contributed by atoms with van der Waals surface area (Å²) in [7, 11) is 2.04. The number of hydrogen-bond donors (Lipinski definition) is 1. The molecule has 0 saturated carbocycles. The lowest BCUT2D eigenvalue weighted by atomic mass is 9.93. The second-order valence-electron chi connectivity index (χ2n) is 6.51. The van der Waals surface area contributed by atoms with E-state index in [1.165, 1.54) is 37.9 Å². The van der Waals surface area contributed by atoms with E-state index in [2.05, 4.69) is 27.3 Å². The fourth-order valence-electron chi connectivity index (χ4n) is 3.29. The van der Waals surface area contributed by atoms with Crippen molar-refractivity contribution in [1.29, 1.82) is 0 Å². The van der Waals surface area contributed by atoms with Crippen LogP contribution in [0.5, 0.6) is 11.5 Å².